The van der Waals surface area contributed by atoms with Gasteiger partial charge in [0.2, 0.25) is 11.5 Å². The molecule has 0 saturated heterocycles. The fourth-order valence-electron chi connectivity index (χ4n) is 13.2. The van der Waals surface area contributed by atoms with Crippen molar-refractivity contribution < 1.29 is 38.0 Å². The molecule has 2 aromatic carbocycles. The summed E-state index contributed by atoms with van der Waals surface area (Å²) in [6.45, 7) is 16.9. The highest BCUT2D eigenvalue weighted by Crippen LogP contribution is 2.42. The predicted molar refractivity (Wildman–Crippen MR) is 410 cm³/mol. The molecule has 0 aliphatic heterocycles. The van der Waals surface area contributed by atoms with E-state index in [0.717, 1.165) is 77.0 Å². The van der Waals surface area contributed by atoms with E-state index in [-0.39, 0.29) is 18.0 Å². The molecule has 0 radical (unpaired) electrons. The third-order valence-corrected chi connectivity index (χ3v) is 19.5. The highest BCUT2D eigenvalue weighted by Gasteiger charge is 2.24. The van der Waals surface area contributed by atoms with Gasteiger partial charge < -0.3 is 28.4 Å². The van der Waals surface area contributed by atoms with E-state index < -0.39 is 0 Å². The van der Waals surface area contributed by atoms with Gasteiger partial charge in [-0.1, -0.05) is 388 Å². The molecule has 0 aliphatic rings. The summed E-state index contributed by atoms with van der Waals surface area (Å²) in [4.78, 5) is 29.8. The topological polar surface area (TPSA) is 89.5 Å². The van der Waals surface area contributed by atoms with Crippen molar-refractivity contribution in [3.05, 3.63) is 35.4 Å². The Hall–Kier alpha value is -3.42. The quantitative estimate of drug-likeness (QED) is 0.0368. The number of hydrogen-bond donors (Lipinski definition) is 0. The number of ether oxygens (including phenoxy) is 6. The SMILES string of the molecule is CCCCCCCCCCCCOc1cc(C(=O)CC(=O)c2cc(OCCCCCCCCCCCC)c(OCCCCCCCCCCCC)c(OCCCCCCCCCCCC)c2)cc(OCCCCCCCCCCCC)c1OCCCCCCCCCCCC. The lowest BCUT2D eigenvalue weighted by Gasteiger charge is -2.19. The number of unbranched alkanes of at least 4 members (excludes halogenated alkanes) is 54. The lowest BCUT2D eigenvalue weighted by Crippen LogP contribution is -2.13. The number of Topliss-reactive ketones (excluding diaryl/α,β-unsaturated/α-hetero) is 2. The highest BCUT2D eigenvalue weighted by atomic mass is 16.5. The van der Waals surface area contributed by atoms with Crippen LogP contribution in [0.25, 0.3) is 0 Å². The van der Waals surface area contributed by atoms with E-state index in [1.165, 1.54) is 308 Å². The number of ketones is 2. The maximum atomic E-state index is 14.9. The Bertz CT molecular complexity index is 1760. The Kier molecular flexibility index (Phi) is 62.5. The molecule has 0 saturated carbocycles. The van der Waals surface area contributed by atoms with E-state index in [1.807, 2.05) is 24.3 Å². The van der Waals surface area contributed by atoms with Gasteiger partial charge >= 0.3 is 0 Å². The molecule has 0 fully saturated rings. The predicted octanol–water partition coefficient (Wildman–Crippen LogP) is 28.9. The van der Waals surface area contributed by atoms with Crippen LogP contribution in [0.5, 0.6) is 34.5 Å². The summed E-state index contributed by atoms with van der Waals surface area (Å²) in [5.41, 5.74) is 0.819. The fraction of sp³-hybridized carbons (Fsp3) is 0.839. The van der Waals surface area contributed by atoms with Gasteiger partial charge in [0.1, 0.15) is 0 Å². The molecule has 0 amide bonds. The second-order valence-corrected chi connectivity index (χ2v) is 28.8. The van der Waals surface area contributed by atoms with Crippen LogP contribution in [0.4, 0.5) is 0 Å². The van der Waals surface area contributed by atoms with Gasteiger partial charge in [0.25, 0.3) is 0 Å². The van der Waals surface area contributed by atoms with Gasteiger partial charge in [0, 0.05) is 11.1 Å². The van der Waals surface area contributed by atoms with E-state index in [2.05, 4.69) is 41.5 Å². The van der Waals surface area contributed by atoms with Gasteiger partial charge in [0.05, 0.1) is 46.1 Å². The molecule has 0 unspecified atom stereocenters. The summed E-state index contributed by atoms with van der Waals surface area (Å²) in [5, 5.41) is 0. The summed E-state index contributed by atoms with van der Waals surface area (Å²) in [7, 11) is 0. The molecule has 0 N–H and O–H groups in total. The molecule has 0 heterocycles. The van der Waals surface area contributed by atoms with Gasteiger partial charge in [-0.25, -0.2) is 0 Å². The molecular formula is C87H156O8. The van der Waals surface area contributed by atoms with E-state index in [9.17, 15) is 9.59 Å². The molecule has 2 aromatic rings. The first-order valence-corrected chi connectivity index (χ1v) is 42.1. The second kappa shape index (κ2) is 67.7. The van der Waals surface area contributed by atoms with E-state index in [1.54, 1.807) is 0 Å². The average Bonchev–Trinajstić information content (AvgIpc) is 0.826. The normalized spacial score (nSPS) is 11.4. The molecule has 95 heavy (non-hydrogen) atoms. The van der Waals surface area contributed by atoms with Crippen molar-refractivity contribution in [1.29, 1.82) is 0 Å². The molecule has 0 spiro atoms. The molecule has 0 bridgehead atoms. The first kappa shape index (κ1) is 87.7. The van der Waals surface area contributed by atoms with E-state index in [4.69, 9.17) is 28.4 Å². The summed E-state index contributed by atoms with van der Waals surface area (Å²) < 4.78 is 40.3. The Labute approximate surface area is 589 Å². The van der Waals surface area contributed by atoms with Gasteiger partial charge in [-0.15, -0.1) is 0 Å². The van der Waals surface area contributed by atoms with Crippen LogP contribution in [-0.2, 0) is 0 Å². The monoisotopic (exact) mass is 1330 g/mol. The summed E-state index contributed by atoms with van der Waals surface area (Å²) in [5.74, 6) is 2.79. The van der Waals surface area contributed by atoms with Crippen LogP contribution in [-0.4, -0.2) is 51.2 Å². The minimum Gasteiger partial charge on any atom is -0.490 e. The van der Waals surface area contributed by atoms with Crippen molar-refractivity contribution in [2.45, 2.75) is 433 Å². The number of rotatable bonds is 76. The first-order valence-electron chi connectivity index (χ1n) is 42.1. The van der Waals surface area contributed by atoms with Crippen LogP contribution in [0.2, 0.25) is 0 Å². The zero-order valence-corrected chi connectivity index (χ0v) is 64.0. The van der Waals surface area contributed by atoms with Crippen molar-refractivity contribution in [3.63, 3.8) is 0 Å². The number of benzene rings is 2. The second-order valence-electron chi connectivity index (χ2n) is 28.8. The number of carbonyl (C=O) groups excluding carboxylic acids is 2. The van der Waals surface area contributed by atoms with Crippen LogP contribution in [0.1, 0.15) is 454 Å². The lowest BCUT2D eigenvalue weighted by molar-refractivity contribution is 0.0892. The van der Waals surface area contributed by atoms with Gasteiger partial charge in [-0.3, -0.25) is 9.59 Å². The third-order valence-electron chi connectivity index (χ3n) is 19.5. The van der Waals surface area contributed by atoms with Gasteiger partial charge in [0.15, 0.2) is 34.6 Å². The summed E-state index contributed by atoms with van der Waals surface area (Å²) in [6.07, 6.45) is 74.2. The standard InChI is InChI=1S/C87H156O8/c1-7-13-19-25-31-37-43-49-55-61-67-90-82-73-78(74-83(91-68-62-56-50-44-38-32-26-20-14-8-2)86(82)94-71-65-59-53-47-41-35-29-23-17-11-5)80(88)77-81(89)79-75-84(92-69-63-57-51-45-39-33-27-21-15-9-3)87(95-72-66-60-54-48-42-36-30-24-18-12-6)85(76-79)93-70-64-58-52-46-40-34-28-22-16-10-4/h73-76H,7-72,77H2,1-6H3. The Morgan fingerprint density at radius 2 is 0.337 bits per heavy atom. The largest absolute Gasteiger partial charge is 0.490 e. The lowest BCUT2D eigenvalue weighted by atomic mass is 10.00. The van der Waals surface area contributed by atoms with Crippen LogP contribution in [0.15, 0.2) is 24.3 Å². The van der Waals surface area contributed by atoms with Crippen LogP contribution >= 0.6 is 0 Å². The first-order chi connectivity index (χ1) is 46.9. The molecule has 8 nitrogen and oxygen atoms in total. The number of carbonyl (C=O) groups is 2. The number of hydrogen-bond acceptors (Lipinski definition) is 8. The van der Waals surface area contributed by atoms with E-state index >= 15 is 0 Å². The van der Waals surface area contributed by atoms with Gasteiger partial charge in [-0.2, -0.15) is 0 Å². The van der Waals surface area contributed by atoms with Crippen molar-refractivity contribution in [2.75, 3.05) is 39.6 Å². The smallest absolute Gasteiger partial charge is 0.203 e. The fourth-order valence-corrected chi connectivity index (χ4v) is 13.2. The Morgan fingerprint density at radius 1 is 0.200 bits per heavy atom. The molecule has 0 aliphatic carbocycles. The molecule has 0 aromatic heterocycles. The molecular weight excluding hydrogens is 1170 g/mol. The van der Waals surface area contributed by atoms with Crippen LogP contribution in [0, 0.1) is 0 Å². The molecule has 552 valence electrons. The highest BCUT2D eigenvalue weighted by molar-refractivity contribution is 6.14. The minimum absolute atomic E-state index is 0.272. The molecule has 2 rings (SSSR count). The van der Waals surface area contributed by atoms with Crippen LogP contribution < -0.4 is 28.4 Å². The molecule has 0 atom stereocenters. The third kappa shape index (κ3) is 50.5. The Balaban J connectivity index is 2.51. The van der Waals surface area contributed by atoms with Crippen molar-refractivity contribution in [2.24, 2.45) is 0 Å². The Morgan fingerprint density at radius 3 is 0.495 bits per heavy atom. The maximum Gasteiger partial charge on any atom is 0.203 e. The summed E-state index contributed by atoms with van der Waals surface area (Å²) in [6, 6.07) is 7.33. The van der Waals surface area contributed by atoms with E-state index in [0.29, 0.717) is 85.3 Å². The van der Waals surface area contributed by atoms with Crippen molar-refractivity contribution >= 4 is 11.6 Å². The average molecular weight is 1330 g/mol. The van der Waals surface area contributed by atoms with Crippen molar-refractivity contribution in [3.8, 4) is 34.5 Å². The summed E-state index contributed by atoms with van der Waals surface area (Å²) >= 11 is 0. The van der Waals surface area contributed by atoms with Crippen molar-refractivity contribution in [1.82, 2.24) is 0 Å². The molecule has 8 heteroatoms. The zero-order chi connectivity index (χ0) is 68.2. The van der Waals surface area contributed by atoms with Crippen LogP contribution in [0.3, 0.4) is 0 Å². The maximum absolute atomic E-state index is 14.9. The minimum atomic E-state index is -0.316. The van der Waals surface area contributed by atoms with Gasteiger partial charge in [-0.05, 0) is 62.8 Å². The zero-order valence-electron chi connectivity index (χ0n) is 64.0.